The fourth-order valence-electron chi connectivity index (χ4n) is 1.56. The van der Waals surface area contributed by atoms with E-state index in [2.05, 4.69) is 0 Å². The van der Waals surface area contributed by atoms with E-state index in [1.165, 1.54) is 0 Å². The van der Waals surface area contributed by atoms with Crippen LogP contribution in [0.15, 0.2) is 24.3 Å². The van der Waals surface area contributed by atoms with Crippen LogP contribution in [0, 0.1) is 0 Å². The van der Waals surface area contributed by atoms with Crippen molar-refractivity contribution >= 4 is 98.7 Å². The maximum Gasteiger partial charge on any atom is 0.0584 e. The Morgan fingerprint density at radius 1 is 0.550 bits per heavy atom. The summed E-state index contributed by atoms with van der Waals surface area (Å²) in [6.07, 6.45) is 0. The monoisotopic (exact) mass is 424 g/mol. The van der Waals surface area contributed by atoms with Gasteiger partial charge in [-0.1, -0.05) is 80.8 Å². The van der Waals surface area contributed by atoms with E-state index in [0.717, 1.165) is 0 Å². The standard InChI is InChI=1S/C12H4Cl7P/c13-5-1-7(15)11(8(16)2-5)20(19)12-9(17)3-6(14)4-10(12)18/h1-4H. The molecule has 0 atom stereocenters. The zero-order valence-corrected chi connectivity index (χ0v) is 15.6. The molecule has 0 amide bonds. The Hall–Kier alpha value is 0.900. The van der Waals surface area contributed by atoms with E-state index in [9.17, 15) is 0 Å². The molecule has 106 valence electrons. The molecule has 0 nitrogen and oxygen atoms in total. The van der Waals surface area contributed by atoms with Gasteiger partial charge in [0.05, 0.1) is 27.4 Å². The lowest BCUT2D eigenvalue weighted by molar-refractivity contribution is 1.74. The second-order valence-electron chi connectivity index (χ2n) is 3.72. The molecule has 0 unspecified atom stereocenters. The van der Waals surface area contributed by atoms with Crippen molar-refractivity contribution in [3.63, 3.8) is 0 Å². The van der Waals surface area contributed by atoms with Crippen LogP contribution in [0.3, 0.4) is 0 Å². The minimum atomic E-state index is -1.45. The molecule has 2 aromatic carbocycles. The molecule has 0 N–H and O–H groups in total. The van der Waals surface area contributed by atoms with Crippen LogP contribution in [0.5, 0.6) is 0 Å². The highest BCUT2D eigenvalue weighted by Gasteiger charge is 2.23. The maximum absolute atomic E-state index is 6.50. The van der Waals surface area contributed by atoms with Crippen LogP contribution in [-0.4, -0.2) is 0 Å². The third-order valence-electron chi connectivity index (χ3n) is 2.36. The third-order valence-corrected chi connectivity index (χ3v) is 7.27. The minimum absolute atomic E-state index is 0.366. The number of hydrogen-bond donors (Lipinski definition) is 0. The van der Waals surface area contributed by atoms with Crippen molar-refractivity contribution in [3.8, 4) is 0 Å². The smallest absolute Gasteiger partial charge is 0.0584 e. The minimum Gasteiger partial charge on any atom is -0.0856 e. The average molecular weight is 427 g/mol. The first-order valence-electron chi connectivity index (χ1n) is 5.06. The third kappa shape index (κ3) is 3.62. The molecule has 0 aliphatic heterocycles. The summed E-state index contributed by atoms with van der Waals surface area (Å²) in [5.41, 5.74) is 0. The van der Waals surface area contributed by atoms with Crippen molar-refractivity contribution in [2.24, 2.45) is 0 Å². The van der Waals surface area contributed by atoms with Crippen LogP contribution in [-0.2, 0) is 0 Å². The number of hydrogen-bond acceptors (Lipinski definition) is 0. The summed E-state index contributed by atoms with van der Waals surface area (Å²) in [4.78, 5) is 0. The van der Waals surface area contributed by atoms with Crippen LogP contribution in [0.1, 0.15) is 0 Å². The lowest BCUT2D eigenvalue weighted by Crippen LogP contribution is -2.13. The van der Waals surface area contributed by atoms with E-state index in [1.807, 2.05) is 0 Å². The Kier molecular flexibility index (Phi) is 6.03. The Bertz CT molecular complexity index is 567. The molecule has 0 radical (unpaired) electrons. The van der Waals surface area contributed by atoms with E-state index in [0.29, 0.717) is 40.7 Å². The van der Waals surface area contributed by atoms with Gasteiger partial charge in [0.15, 0.2) is 0 Å². The molecule has 2 aromatic rings. The molecule has 0 fully saturated rings. The van der Waals surface area contributed by atoms with Gasteiger partial charge in [0.25, 0.3) is 0 Å². The van der Waals surface area contributed by atoms with Crippen LogP contribution in [0.4, 0.5) is 0 Å². The Morgan fingerprint density at radius 3 is 1.05 bits per heavy atom. The van der Waals surface area contributed by atoms with Crippen molar-refractivity contribution in [1.29, 1.82) is 0 Å². The van der Waals surface area contributed by atoms with E-state index >= 15 is 0 Å². The van der Waals surface area contributed by atoms with Gasteiger partial charge in [-0.15, -0.1) is 0 Å². The molecule has 0 bridgehead atoms. The summed E-state index contributed by atoms with van der Waals surface area (Å²) >= 11 is 42.9. The van der Waals surface area contributed by atoms with Crippen LogP contribution in [0.25, 0.3) is 0 Å². The van der Waals surface area contributed by atoms with Crippen molar-refractivity contribution < 1.29 is 0 Å². The number of halogens is 7. The summed E-state index contributed by atoms with van der Waals surface area (Å²) < 4.78 is 0. The van der Waals surface area contributed by atoms with Gasteiger partial charge in [0.1, 0.15) is 0 Å². The summed E-state index contributed by atoms with van der Waals surface area (Å²) in [5, 5.41) is 3.43. The molecule has 20 heavy (non-hydrogen) atoms. The van der Waals surface area contributed by atoms with Crippen molar-refractivity contribution in [3.05, 3.63) is 54.4 Å². The highest BCUT2D eigenvalue weighted by atomic mass is 35.7. The molecule has 8 heteroatoms. The molecule has 0 aliphatic carbocycles. The van der Waals surface area contributed by atoms with Crippen molar-refractivity contribution in [2.75, 3.05) is 0 Å². The van der Waals surface area contributed by atoms with E-state index < -0.39 is 7.27 Å². The lowest BCUT2D eigenvalue weighted by Gasteiger charge is -2.17. The Morgan fingerprint density at radius 2 is 0.800 bits per heavy atom. The quantitative estimate of drug-likeness (QED) is 0.445. The lowest BCUT2D eigenvalue weighted by atomic mass is 10.3. The second kappa shape index (κ2) is 6.99. The molecule has 0 saturated carbocycles. The van der Waals surface area contributed by atoms with Gasteiger partial charge in [-0.05, 0) is 24.3 Å². The fraction of sp³-hybridized carbons (Fsp3) is 0. The molecular weight excluding hydrogens is 423 g/mol. The van der Waals surface area contributed by atoms with E-state index in [4.69, 9.17) is 80.8 Å². The first-order valence-corrected chi connectivity index (χ1v) is 9.57. The summed E-state index contributed by atoms with van der Waals surface area (Å²) in [6.45, 7) is 0. The Labute approximate surface area is 152 Å². The molecular formula is C12H4Cl7P. The summed E-state index contributed by atoms with van der Waals surface area (Å²) in [6, 6.07) is 6.28. The zero-order chi connectivity index (χ0) is 15.0. The second-order valence-corrected chi connectivity index (χ2v) is 8.69. The molecule has 0 saturated heterocycles. The molecule has 0 aliphatic rings. The first-order chi connectivity index (χ1) is 9.31. The van der Waals surface area contributed by atoms with Crippen molar-refractivity contribution in [2.45, 2.75) is 0 Å². The number of benzene rings is 2. The zero-order valence-electron chi connectivity index (χ0n) is 9.40. The van der Waals surface area contributed by atoms with Crippen LogP contribution >= 0.6 is 88.1 Å². The van der Waals surface area contributed by atoms with Gasteiger partial charge in [0, 0.05) is 20.7 Å². The summed E-state index contributed by atoms with van der Waals surface area (Å²) in [5.74, 6) is 0. The highest BCUT2D eigenvalue weighted by molar-refractivity contribution is 7.96. The molecule has 2 rings (SSSR count). The largest absolute Gasteiger partial charge is 0.0856 e. The van der Waals surface area contributed by atoms with Gasteiger partial charge < -0.3 is 0 Å². The SMILES string of the molecule is Clc1cc(Cl)c(P(Cl)c2c(Cl)cc(Cl)cc2Cl)c(Cl)c1. The molecule has 0 aromatic heterocycles. The van der Waals surface area contributed by atoms with Gasteiger partial charge in [-0.3, -0.25) is 0 Å². The fourth-order valence-corrected chi connectivity index (χ4v) is 7.05. The Balaban J connectivity index is 2.61. The highest BCUT2D eigenvalue weighted by Crippen LogP contribution is 2.48. The number of rotatable bonds is 2. The maximum atomic E-state index is 6.50. The van der Waals surface area contributed by atoms with Gasteiger partial charge in [-0.2, -0.15) is 0 Å². The normalized spacial score (nSPS) is 11.2. The molecule has 0 heterocycles. The van der Waals surface area contributed by atoms with Crippen LogP contribution < -0.4 is 10.6 Å². The average Bonchev–Trinajstić information content (AvgIpc) is 2.25. The van der Waals surface area contributed by atoms with Gasteiger partial charge in [0.2, 0.25) is 0 Å². The topological polar surface area (TPSA) is 0 Å². The first kappa shape index (κ1) is 17.3. The van der Waals surface area contributed by atoms with Gasteiger partial charge >= 0.3 is 0 Å². The predicted molar refractivity (Wildman–Crippen MR) is 95.0 cm³/mol. The summed E-state index contributed by atoms with van der Waals surface area (Å²) in [7, 11) is -1.45. The van der Waals surface area contributed by atoms with E-state index in [1.54, 1.807) is 24.3 Å². The van der Waals surface area contributed by atoms with Gasteiger partial charge in [-0.25, -0.2) is 0 Å². The van der Waals surface area contributed by atoms with Crippen LogP contribution in [0.2, 0.25) is 30.1 Å². The van der Waals surface area contributed by atoms with Crippen molar-refractivity contribution in [1.82, 2.24) is 0 Å². The molecule has 0 spiro atoms. The predicted octanol–water partition coefficient (Wildman–Crippen LogP) is 7.19. The van der Waals surface area contributed by atoms with E-state index in [-0.39, 0.29) is 0 Å².